The van der Waals surface area contributed by atoms with Crippen molar-refractivity contribution in [3.63, 3.8) is 0 Å². The number of fused-ring (bicyclic) bond motifs is 1. The Morgan fingerprint density at radius 3 is 2.75 bits per heavy atom. The monoisotopic (exact) mass is 317 g/mol. The fraction of sp³-hybridized carbons (Fsp3) is 0.200. The van der Waals surface area contributed by atoms with Crippen LogP contribution in [-0.4, -0.2) is 15.7 Å². The highest BCUT2D eigenvalue weighted by Crippen LogP contribution is 2.35. The SMILES string of the molecule is O=C(CC1CCc2ccccc21)Nc1ccn(-c2ccccc2)n1. The van der Waals surface area contributed by atoms with Crippen LogP contribution in [0.15, 0.2) is 66.9 Å². The Bertz CT molecular complexity index is 854. The van der Waals surface area contributed by atoms with Crippen LogP contribution < -0.4 is 5.32 Å². The number of rotatable bonds is 4. The second-order valence-corrected chi connectivity index (χ2v) is 6.17. The van der Waals surface area contributed by atoms with E-state index in [0.29, 0.717) is 18.2 Å². The van der Waals surface area contributed by atoms with E-state index >= 15 is 0 Å². The molecule has 2 aromatic carbocycles. The Hall–Kier alpha value is -2.88. The van der Waals surface area contributed by atoms with Crippen LogP contribution in [0.1, 0.15) is 29.9 Å². The highest BCUT2D eigenvalue weighted by atomic mass is 16.1. The van der Waals surface area contributed by atoms with E-state index in [1.807, 2.05) is 42.6 Å². The van der Waals surface area contributed by atoms with Crippen molar-refractivity contribution < 1.29 is 4.79 Å². The molecule has 4 heteroatoms. The largest absolute Gasteiger partial charge is 0.309 e. The fourth-order valence-electron chi connectivity index (χ4n) is 3.39. The fourth-order valence-corrected chi connectivity index (χ4v) is 3.39. The van der Waals surface area contributed by atoms with Gasteiger partial charge in [-0.25, -0.2) is 4.68 Å². The number of carbonyl (C=O) groups is 1. The standard InChI is InChI=1S/C20H19N3O/c24-20(14-16-11-10-15-6-4-5-9-18(15)16)21-19-12-13-23(22-19)17-7-2-1-3-8-17/h1-9,12-13,16H,10-11,14H2,(H,21,22,24). The Morgan fingerprint density at radius 1 is 1.08 bits per heavy atom. The highest BCUT2D eigenvalue weighted by molar-refractivity contribution is 5.90. The molecule has 4 nitrogen and oxygen atoms in total. The molecule has 1 N–H and O–H groups in total. The van der Waals surface area contributed by atoms with Crippen LogP contribution in [0.25, 0.3) is 5.69 Å². The van der Waals surface area contributed by atoms with Crippen LogP contribution in [0.3, 0.4) is 0 Å². The average Bonchev–Trinajstić information content (AvgIpc) is 3.23. The normalized spacial score (nSPS) is 15.9. The van der Waals surface area contributed by atoms with E-state index in [1.54, 1.807) is 4.68 Å². The number of hydrogen-bond acceptors (Lipinski definition) is 2. The molecule has 3 aromatic rings. The number of anilines is 1. The number of aromatic nitrogens is 2. The van der Waals surface area contributed by atoms with E-state index in [4.69, 9.17) is 0 Å². The number of nitrogens with zero attached hydrogens (tertiary/aromatic N) is 2. The Balaban J connectivity index is 1.42. The van der Waals surface area contributed by atoms with Crippen molar-refractivity contribution in [1.82, 2.24) is 9.78 Å². The van der Waals surface area contributed by atoms with Crippen molar-refractivity contribution in [1.29, 1.82) is 0 Å². The van der Waals surface area contributed by atoms with E-state index in [1.165, 1.54) is 11.1 Å². The summed E-state index contributed by atoms with van der Waals surface area (Å²) in [5.41, 5.74) is 3.67. The molecule has 0 bridgehead atoms. The Kier molecular flexibility index (Phi) is 3.87. The summed E-state index contributed by atoms with van der Waals surface area (Å²) in [6, 6.07) is 20.1. The number of hydrogen-bond donors (Lipinski definition) is 1. The first-order valence-corrected chi connectivity index (χ1v) is 8.28. The van der Waals surface area contributed by atoms with E-state index in [9.17, 15) is 4.79 Å². The lowest BCUT2D eigenvalue weighted by Crippen LogP contribution is -2.15. The number of carbonyl (C=O) groups excluding carboxylic acids is 1. The third kappa shape index (κ3) is 2.95. The number of aryl methyl sites for hydroxylation is 1. The van der Waals surface area contributed by atoms with Crippen molar-refractivity contribution >= 4 is 11.7 Å². The number of nitrogens with one attached hydrogen (secondary N) is 1. The molecular weight excluding hydrogens is 298 g/mol. The van der Waals surface area contributed by atoms with Crippen molar-refractivity contribution in [3.05, 3.63) is 78.0 Å². The zero-order valence-electron chi connectivity index (χ0n) is 13.4. The molecule has 1 aromatic heterocycles. The first-order valence-electron chi connectivity index (χ1n) is 8.28. The van der Waals surface area contributed by atoms with Gasteiger partial charge in [0.2, 0.25) is 5.91 Å². The second kappa shape index (κ2) is 6.32. The first kappa shape index (κ1) is 14.7. The highest BCUT2D eigenvalue weighted by Gasteiger charge is 2.24. The third-order valence-corrected chi connectivity index (χ3v) is 4.57. The Labute approximate surface area is 141 Å². The van der Waals surface area contributed by atoms with Gasteiger partial charge < -0.3 is 5.32 Å². The molecule has 1 amide bonds. The molecule has 0 saturated carbocycles. The van der Waals surface area contributed by atoms with E-state index in [-0.39, 0.29) is 5.91 Å². The molecule has 0 saturated heterocycles. The van der Waals surface area contributed by atoms with Gasteiger partial charge in [-0.05, 0) is 42.0 Å². The first-order chi connectivity index (χ1) is 11.8. The molecule has 1 atom stereocenters. The van der Waals surface area contributed by atoms with Gasteiger partial charge in [-0.1, -0.05) is 42.5 Å². The number of amides is 1. The van der Waals surface area contributed by atoms with Gasteiger partial charge in [0.1, 0.15) is 0 Å². The topological polar surface area (TPSA) is 46.9 Å². The summed E-state index contributed by atoms with van der Waals surface area (Å²) in [4.78, 5) is 12.4. The molecule has 0 spiro atoms. The molecule has 0 fully saturated rings. The van der Waals surface area contributed by atoms with Gasteiger partial charge in [-0.15, -0.1) is 0 Å². The summed E-state index contributed by atoms with van der Waals surface area (Å²) in [6.45, 7) is 0. The lowest BCUT2D eigenvalue weighted by Gasteiger charge is -2.10. The molecule has 1 unspecified atom stereocenters. The summed E-state index contributed by atoms with van der Waals surface area (Å²) >= 11 is 0. The maximum absolute atomic E-state index is 12.4. The molecule has 1 aliphatic rings. The van der Waals surface area contributed by atoms with Crippen molar-refractivity contribution in [3.8, 4) is 5.69 Å². The number of para-hydroxylation sites is 1. The maximum Gasteiger partial charge on any atom is 0.226 e. The summed E-state index contributed by atoms with van der Waals surface area (Å²) in [7, 11) is 0. The predicted molar refractivity (Wildman–Crippen MR) is 94.3 cm³/mol. The van der Waals surface area contributed by atoms with Crippen LogP contribution in [-0.2, 0) is 11.2 Å². The van der Waals surface area contributed by atoms with Crippen molar-refractivity contribution in [2.24, 2.45) is 0 Å². The second-order valence-electron chi connectivity index (χ2n) is 6.17. The third-order valence-electron chi connectivity index (χ3n) is 4.57. The van der Waals surface area contributed by atoms with Gasteiger partial charge in [-0.2, -0.15) is 5.10 Å². The van der Waals surface area contributed by atoms with Crippen molar-refractivity contribution in [2.45, 2.75) is 25.2 Å². The Morgan fingerprint density at radius 2 is 1.88 bits per heavy atom. The predicted octanol–water partition coefficient (Wildman–Crippen LogP) is 3.93. The van der Waals surface area contributed by atoms with Gasteiger partial charge >= 0.3 is 0 Å². The van der Waals surface area contributed by atoms with Crippen LogP contribution >= 0.6 is 0 Å². The average molecular weight is 317 g/mol. The molecule has 4 rings (SSSR count). The quantitative estimate of drug-likeness (QED) is 0.792. The zero-order chi connectivity index (χ0) is 16.4. The van der Waals surface area contributed by atoms with Gasteiger partial charge in [0.05, 0.1) is 5.69 Å². The minimum absolute atomic E-state index is 0.0232. The molecule has 1 aliphatic carbocycles. The van der Waals surface area contributed by atoms with Crippen LogP contribution in [0.5, 0.6) is 0 Å². The molecule has 1 heterocycles. The van der Waals surface area contributed by atoms with E-state index < -0.39 is 0 Å². The van der Waals surface area contributed by atoms with Crippen LogP contribution in [0.2, 0.25) is 0 Å². The molecular formula is C20H19N3O. The molecule has 0 radical (unpaired) electrons. The summed E-state index contributed by atoms with van der Waals surface area (Å²) in [5, 5.41) is 7.34. The number of benzene rings is 2. The van der Waals surface area contributed by atoms with Gasteiger partial charge in [-0.3, -0.25) is 4.79 Å². The minimum atomic E-state index is 0.0232. The smallest absolute Gasteiger partial charge is 0.226 e. The summed E-state index contributed by atoms with van der Waals surface area (Å²) < 4.78 is 1.76. The summed E-state index contributed by atoms with van der Waals surface area (Å²) in [6.07, 6.45) is 4.48. The lowest BCUT2D eigenvalue weighted by molar-refractivity contribution is -0.116. The van der Waals surface area contributed by atoms with Gasteiger partial charge in [0.25, 0.3) is 0 Å². The lowest BCUT2D eigenvalue weighted by atomic mass is 9.97. The minimum Gasteiger partial charge on any atom is -0.309 e. The van der Waals surface area contributed by atoms with Crippen LogP contribution in [0.4, 0.5) is 5.82 Å². The van der Waals surface area contributed by atoms with E-state index in [2.05, 4.69) is 34.7 Å². The summed E-state index contributed by atoms with van der Waals surface area (Å²) in [5.74, 6) is 0.933. The van der Waals surface area contributed by atoms with Gasteiger partial charge in [0.15, 0.2) is 5.82 Å². The molecule has 24 heavy (non-hydrogen) atoms. The maximum atomic E-state index is 12.4. The van der Waals surface area contributed by atoms with Gasteiger partial charge in [0, 0.05) is 18.7 Å². The van der Waals surface area contributed by atoms with E-state index in [0.717, 1.165) is 18.5 Å². The molecule has 0 aliphatic heterocycles. The van der Waals surface area contributed by atoms with Crippen molar-refractivity contribution in [2.75, 3.05) is 5.32 Å². The molecule has 120 valence electrons. The van der Waals surface area contributed by atoms with Crippen LogP contribution in [0, 0.1) is 0 Å². The zero-order valence-corrected chi connectivity index (χ0v) is 13.4.